The summed E-state index contributed by atoms with van der Waals surface area (Å²) in [5.41, 5.74) is 3.33. The Morgan fingerprint density at radius 2 is 1.97 bits per heavy atom. The van der Waals surface area contributed by atoms with Crippen LogP contribution in [0.5, 0.6) is 0 Å². The lowest BCUT2D eigenvalue weighted by molar-refractivity contribution is 0.0937. The molecule has 2 aromatic heterocycles. The van der Waals surface area contributed by atoms with Crippen molar-refractivity contribution in [2.24, 2.45) is 0 Å². The quantitative estimate of drug-likeness (QED) is 0.307. The Kier molecular flexibility index (Phi) is 8.89. The molecule has 0 spiro atoms. The summed E-state index contributed by atoms with van der Waals surface area (Å²) in [6.07, 6.45) is 10.3. The smallest absolute Gasteiger partial charge is 0.251 e. The van der Waals surface area contributed by atoms with Gasteiger partial charge in [-0.2, -0.15) is 4.98 Å². The van der Waals surface area contributed by atoms with E-state index in [4.69, 9.17) is 9.72 Å². The fourth-order valence-electron chi connectivity index (χ4n) is 3.96. The van der Waals surface area contributed by atoms with Crippen molar-refractivity contribution >= 4 is 57.4 Å². The first-order valence-electron chi connectivity index (χ1n) is 12.4. The predicted octanol–water partition coefficient (Wildman–Crippen LogP) is 3.39. The van der Waals surface area contributed by atoms with Crippen LogP contribution in [0.2, 0.25) is 0 Å². The highest BCUT2D eigenvalue weighted by molar-refractivity contribution is 7.92. The molecule has 0 saturated heterocycles. The van der Waals surface area contributed by atoms with Crippen LogP contribution < -0.4 is 20.3 Å². The lowest BCUT2D eigenvalue weighted by Gasteiger charge is -2.21. The number of fused-ring (bicyclic) bond motifs is 1. The van der Waals surface area contributed by atoms with Crippen LogP contribution in [0.25, 0.3) is 18.2 Å². The summed E-state index contributed by atoms with van der Waals surface area (Å²) in [6.45, 7) is 3.53. The van der Waals surface area contributed by atoms with E-state index < -0.39 is 10.0 Å². The molecule has 0 radical (unpaired) electrons. The highest BCUT2D eigenvalue weighted by Crippen LogP contribution is 2.28. The molecular weight excluding hydrogens is 518 g/mol. The summed E-state index contributed by atoms with van der Waals surface area (Å²) < 4.78 is 30.8. The van der Waals surface area contributed by atoms with E-state index in [1.807, 2.05) is 18.2 Å². The van der Waals surface area contributed by atoms with Crippen LogP contribution in [0.15, 0.2) is 48.7 Å². The first-order valence-corrected chi connectivity index (χ1v) is 14.2. The second-order valence-corrected chi connectivity index (χ2v) is 10.5. The molecular formula is C27H31N7O4S. The molecule has 0 fully saturated rings. The van der Waals surface area contributed by atoms with E-state index in [-0.39, 0.29) is 12.5 Å². The van der Waals surface area contributed by atoms with Gasteiger partial charge in [-0.05, 0) is 55.5 Å². The van der Waals surface area contributed by atoms with Crippen molar-refractivity contribution in [3.05, 3.63) is 71.1 Å². The first kappa shape index (κ1) is 27.7. The van der Waals surface area contributed by atoms with E-state index in [1.54, 1.807) is 62.7 Å². The topological polar surface area (TPSA) is 138 Å². The van der Waals surface area contributed by atoms with Crippen molar-refractivity contribution in [2.75, 3.05) is 54.5 Å². The van der Waals surface area contributed by atoms with Gasteiger partial charge in [-0.1, -0.05) is 12.2 Å². The zero-order chi connectivity index (χ0) is 27.8. The molecule has 1 aliphatic rings. The number of nitrogens with one attached hydrogen (secondary N) is 3. The van der Waals surface area contributed by atoms with E-state index in [0.717, 1.165) is 11.8 Å². The number of hydrogen-bond donors (Lipinski definition) is 3. The summed E-state index contributed by atoms with van der Waals surface area (Å²) in [6, 6.07) is 10.6. The van der Waals surface area contributed by atoms with Gasteiger partial charge in [-0.3, -0.25) is 9.10 Å². The van der Waals surface area contributed by atoms with Crippen LogP contribution in [0.1, 0.15) is 34.1 Å². The summed E-state index contributed by atoms with van der Waals surface area (Å²) >= 11 is 0. The Morgan fingerprint density at radius 3 is 2.69 bits per heavy atom. The Bertz CT molecular complexity index is 1490. The highest BCUT2D eigenvalue weighted by Gasteiger charge is 2.19. The molecule has 0 saturated carbocycles. The number of carbonyl (C=O) groups is 1. The average molecular weight is 550 g/mol. The summed E-state index contributed by atoms with van der Waals surface area (Å²) in [5.74, 6) is 1.20. The molecule has 0 aliphatic carbocycles. The second-order valence-electron chi connectivity index (χ2n) is 8.61. The minimum absolute atomic E-state index is 0.181. The maximum absolute atomic E-state index is 12.3. The van der Waals surface area contributed by atoms with Crippen LogP contribution >= 0.6 is 0 Å². The van der Waals surface area contributed by atoms with Crippen molar-refractivity contribution in [3.8, 4) is 0 Å². The minimum Gasteiger partial charge on any atom is -0.383 e. The number of rotatable bonds is 11. The van der Waals surface area contributed by atoms with Gasteiger partial charge in [-0.25, -0.2) is 18.4 Å². The van der Waals surface area contributed by atoms with Crippen molar-refractivity contribution < 1.29 is 17.9 Å². The molecule has 0 bridgehead atoms. The van der Waals surface area contributed by atoms with Gasteiger partial charge in [0.15, 0.2) is 0 Å². The maximum atomic E-state index is 12.3. The van der Waals surface area contributed by atoms with Gasteiger partial charge < -0.3 is 20.7 Å². The van der Waals surface area contributed by atoms with Crippen molar-refractivity contribution in [1.82, 2.24) is 20.3 Å². The first-order chi connectivity index (χ1) is 18.8. The van der Waals surface area contributed by atoms with Crippen LogP contribution in [0.3, 0.4) is 0 Å². The molecule has 204 valence electrons. The standard InChI is InChI=1S/C27H31N7O4S/c1-4-34(39(3,36)37)25-19(7-5-16-29-25)11-14-23-22-8-6-15-28-24(22)33-27(32-23)31-21-12-9-20(10-13-21)26(35)30-17-18-38-2/h5-14,16H,4,15,17-18H2,1-3H3,(H,30,35)(H2,28,31,32,33). The summed E-state index contributed by atoms with van der Waals surface area (Å²) in [7, 11) is -1.91. The third-order valence-corrected chi connectivity index (χ3v) is 7.04. The molecule has 0 unspecified atom stereocenters. The number of ether oxygens (including phenoxy) is 1. The maximum Gasteiger partial charge on any atom is 0.251 e. The molecule has 3 N–H and O–H groups in total. The molecule has 3 aromatic rings. The van der Waals surface area contributed by atoms with E-state index in [9.17, 15) is 13.2 Å². The zero-order valence-corrected chi connectivity index (χ0v) is 22.8. The number of sulfonamides is 1. The Balaban J connectivity index is 1.61. The van der Waals surface area contributed by atoms with Gasteiger partial charge >= 0.3 is 0 Å². The van der Waals surface area contributed by atoms with Gasteiger partial charge in [-0.15, -0.1) is 0 Å². The number of carbonyl (C=O) groups excluding carboxylic acids is 1. The van der Waals surface area contributed by atoms with E-state index in [1.165, 1.54) is 4.31 Å². The fourth-order valence-corrected chi connectivity index (χ4v) is 4.90. The number of nitrogens with zero attached hydrogens (tertiary/aromatic N) is 4. The number of pyridine rings is 1. The summed E-state index contributed by atoms with van der Waals surface area (Å²) in [4.78, 5) is 25.9. The number of hydrogen-bond acceptors (Lipinski definition) is 9. The number of aromatic nitrogens is 3. The summed E-state index contributed by atoms with van der Waals surface area (Å²) in [5, 5.41) is 9.25. The van der Waals surface area contributed by atoms with Crippen molar-refractivity contribution in [3.63, 3.8) is 0 Å². The van der Waals surface area contributed by atoms with Crippen molar-refractivity contribution in [1.29, 1.82) is 0 Å². The van der Waals surface area contributed by atoms with Gasteiger partial charge in [0.2, 0.25) is 16.0 Å². The van der Waals surface area contributed by atoms with Gasteiger partial charge in [0, 0.05) is 55.3 Å². The Labute approximate surface area is 228 Å². The Morgan fingerprint density at radius 1 is 1.18 bits per heavy atom. The molecule has 11 nitrogen and oxygen atoms in total. The molecule has 1 aromatic carbocycles. The lowest BCUT2D eigenvalue weighted by Crippen LogP contribution is -2.30. The molecule has 12 heteroatoms. The monoisotopic (exact) mass is 549 g/mol. The SMILES string of the molecule is CCN(c1ncccc1C=Cc1nc(Nc2ccc(C(=O)NCCOC)cc2)nc2c1C=CCN2)S(C)(=O)=O. The molecule has 39 heavy (non-hydrogen) atoms. The van der Waals surface area contributed by atoms with E-state index >= 15 is 0 Å². The number of anilines is 4. The highest BCUT2D eigenvalue weighted by atomic mass is 32.2. The largest absolute Gasteiger partial charge is 0.383 e. The minimum atomic E-state index is -3.49. The van der Waals surface area contributed by atoms with Crippen LogP contribution in [0.4, 0.5) is 23.3 Å². The number of methoxy groups -OCH3 is 1. The Hall–Kier alpha value is -4.29. The number of benzene rings is 1. The van der Waals surface area contributed by atoms with Crippen molar-refractivity contribution in [2.45, 2.75) is 6.92 Å². The molecule has 0 atom stereocenters. The van der Waals surface area contributed by atoms with E-state index in [0.29, 0.717) is 59.8 Å². The third kappa shape index (κ3) is 6.98. The van der Waals surface area contributed by atoms with Crippen LogP contribution in [-0.4, -0.2) is 68.9 Å². The molecule has 1 amide bonds. The normalized spacial score (nSPS) is 12.6. The van der Waals surface area contributed by atoms with E-state index in [2.05, 4.69) is 25.9 Å². The molecule has 1 aliphatic heterocycles. The van der Waals surface area contributed by atoms with Gasteiger partial charge in [0.1, 0.15) is 11.6 Å². The molecule has 3 heterocycles. The van der Waals surface area contributed by atoms with Gasteiger partial charge in [0.05, 0.1) is 18.6 Å². The van der Waals surface area contributed by atoms with Crippen LogP contribution in [-0.2, 0) is 14.8 Å². The fraction of sp³-hybridized carbons (Fsp3) is 0.259. The average Bonchev–Trinajstić information content (AvgIpc) is 2.92. The zero-order valence-electron chi connectivity index (χ0n) is 22.0. The third-order valence-electron chi connectivity index (χ3n) is 5.80. The predicted molar refractivity (Wildman–Crippen MR) is 155 cm³/mol. The lowest BCUT2D eigenvalue weighted by atomic mass is 10.1. The number of amides is 1. The van der Waals surface area contributed by atoms with Crippen LogP contribution in [0, 0.1) is 0 Å². The molecule has 4 rings (SSSR count). The second kappa shape index (κ2) is 12.5. The van der Waals surface area contributed by atoms with Gasteiger partial charge in [0.25, 0.3) is 5.91 Å².